The number of aryl methyl sites for hydroxylation is 1. The molecule has 0 aromatic heterocycles. The van der Waals surface area contributed by atoms with Crippen LogP contribution in [0.5, 0.6) is 0 Å². The minimum Gasteiger partial charge on any atom is -0.763 e. The van der Waals surface area contributed by atoms with E-state index in [-0.39, 0.29) is 23.2 Å². The van der Waals surface area contributed by atoms with Gasteiger partial charge in [0.2, 0.25) is 5.91 Å². The lowest BCUT2D eigenvalue weighted by Gasteiger charge is -2.27. The van der Waals surface area contributed by atoms with Crippen LogP contribution in [0.1, 0.15) is 23.5 Å². The summed E-state index contributed by atoms with van der Waals surface area (Å²) in [5.74, 6) is 1.78. The van der Waals surface area contributed by atoms with Crippen molar-refractivity contribution in [3.63, 3.8) is 0 Å². The van der Waals surface area contributed by atoms with Gasteiger partial charge in [0.05, 0.1) is 20.3 Å². The fourth-order valence-electron chi connectivity index (χ4n) is 2.78. The first-order valence-corrected chi connectivity index (χ1v) is 8.49. The monoisotopic (exact) mass is 345 g/mol. The van der Waals surface area contributed by atoms with E-state index in [9.17, 15) is 4.79 Å². The summed E-state index contributed by atoms with van der Waals surface area (Å²) >= 11 is 5.03. The summed E-state index contributed by atoms with van der Waals surface area (Å²) in [6.45, 7) is 6.23. The van der Waals surface area contributed by atoms with Gasteiger partial charge in [0, 0.05) is 17.9 Å². The Bertz CT molecular complexity index is 662. The minimum absolute atomic E-state index is 0.123. The second-order valence-corrected chi connectivity index (χ2v) is 6.49. The third-order valence-corrected chi connectivity index (χ3v) is 4.59. The number of thiocarbonyl (C=S) groups is 1. The van der Waals surface area contributed by atoms with Crippen LogP contribution < -0.4 is 10.2 Å². The van der Waals surface area contributed by atoms with Crippen molar-refractivity contribution >= 4 is 29.0 Å². The molecule has 24 heavy (non-hydrogen) atoms. The smallest absolute Gasteiger partial charge is 0.225 e. The lowest BCUT2D eigenvalue weighted by Crippen LogP contribution is -3.11. The molecule has 1 aromatic rings. The van der Waals surface area contributed by atoms with E-state index in [1.54, 1.807) is 4.90 Å². The van der Waals surface area contributed by atoms with Crippen LogP contribution in [0.25, 0.3) is 5.41 Å². The van der Waals surface area contributed by atoms with E-state index < -0.39 is 0 Å². The molecular weight excluding hydrogens is 322 g/mol. The molecule has 2 aliphatic rings. The normalized spacial score (nSPS) is 21.4. The highest BCUT2D eigenvalue weighted by Gasteiger charge is 2.28. The van der Waals surface area contributed by atoms with Crippen LogP contribution in [-0.4, -0.2) is 50.1 Å². The van der Waals surface area contributed by atoms with Gasteiger partial charge < -0.3 is 20.4 Å². The highest BCUT2D eigenvalue weighted by Crippen LogP contribution is 2.31. The maximum Gasteiger partial charge on any atom is 0.225 e. The number of carbonyl (C=O) groups excluding carboxylic acids is 1. The minimum atomic E-state index is -0.206. The predicted molar refractivity (Wildman–Crippen MR) is 98.6 cm³/mol. The zero-order valence-electron chi connectivity index (χ0n) is 14.1. The van der Waals surface area contributed by atoms with Gasteiger partial charge in [-0.05, 0) is 18.1 Å². The molecule has 2 heterocycles. The van der Waals surface area contributed by atoms with Gasteiger partial charge in [0.15, 0.2) is 0 Å². The molecule has 0 spiro atoms. The van der Waals surface area contributed by atoms with E-state index in [4.69, 9.17) is 22.4 Å². The molecule has 5 nitrogen and oxygen atoms in total. The zero-order valence-corrected chi connectivity index (χ0v) is 14.9. The van der Waals surface area contributed by atoms with Gasteiger partial charge in [-0.1, -0.05) is 36.5 Å². The van der Waals surface area contributed by atoms with Crippen LogP contribution in [0.2, 0.25) is 0 Å². The number of likely N-dealkylation sites (N-methyl/N-ethyl adjacent to an activating group) is 1. The van der Waals surface area contributed by atoms with Crippen LogP contribution in [-0.2, 0) is 9.53 Å². The second-order valence-electron chi connectivity index (χ2n) is 6.09. The Labute approximate surface area is 148 Å². The maximum atomic E-state index is 11.5. The van der Waals surface area contributed by atoms with Gasteiger partial charge >= 0.3 is 0 Å². The number of hydrogen-bond acceptors (Lipinski definition) is 3. The summed E-state index contributed by atoms with van der Waals surface area (Å²) in [5, 5.41) is 11.7. The number of quaternary nitrogens is 1. The lowest BCUT2D eigenvalue weighted by molar-refractivity contribution is -0.888. The van der Waals surface area contributed by atoms with Crippen LogP contribution in [0.3, 0.4) is 0 Å². The van der Waals surface area contributed by atoms with Crippen LogP contribution in [0.4, 0.5) is 0 Å². The first-order chi connectivity index (χ1) is 11.5. The summed E-state index contributed by atoms with van der Waals surface area (Å²) in [7, 11) is 2.20. The second kappa shape index (κ2) is 8.85. The summed E-state index contributed by atoms with van der Waals surface area (Å²) in [4.78, 5) is 13.4. The van der Waals surface area contributed by atoms with Gasteiger partial charge in [0.25, 0.3) is 0 Å². The summed E-state index contributed by atoms with van der Waals surface area (Å²) in [5.41, 5.74) is 2.55. The number of carbonyl (C=O) groups is 1. The van der Waals surface area contributed by atoms with Crippen LogP contribution >= 0.6 is 12.2 Å². The van der Waals surface area contributed by atoms with Crippen molar-refractivity contribution in [3.05, 3.63) is 46.4 Å². The molecule has 3 rings (SSSR count). The number of ether oxygens (including phenoxy) is 1. The Balaban J connectivity index is 0.000000249. The van der Waals surface area contributed by atoms with Gasteiger partial charge in [-0.2, -0.15) is 0 Å². The molecule has 1 amide bonds. The number of piperidine rings is 1. The van der Waals surface area contributed by atoms with E-state index in [0.29, 0.717) is 5.57 Å². The van der Waals surface area contributed by atoms with Gasteiger partial charge in [0.1, 0.15) is 18.1 Å². The van der Waals surface area contributed by atoms with Gasteiger partial charge in [-0.25, -0.2) is 0 Å². The van der Waals surface area contributed by atoms with E-state index in [0.717, 1.165) is 24.3 Å². The molecule has 2 N–H and O–H groups in total. The lowest BCUT2D eigenvalue weighted by atomic mass is 9.84. The summed E-state index contributed by atoms with van der Waals surface area (Å²) in [6.07, 6.45) is 0.286. The van der Waals surface area contributed by atoms with Gasteiger partial charge in [-0.3, -0.25) is 10.7 Å². The van der Waals surface area contributed by atoms with Crippen molar-refractivity contribution in [2.75, 3.05) is 33.4 Å². The van der Waals surface area contributed by atoms with Crippen LogP contribution in [0.15, 0.2) is 29.8 Å². The van der Waals surface area contributed by atoms with Crippen molar-refractivity contribution in [1.82, 2.24) is 5.32 Å². The first kappa shape index (κ1) is 18.5. The van der Waals surface area contributed by atoms with Crippen LogP contribution in [0, 0.1) is 6.92 Å². The Hall–Kier alpha value is -1.85. The quantitative estimate of drug-likeness (QED) is 0.446. The largest absolute Gasteiger partial charge is 0.763 e. The molecular formula is C18H23N3O2S. The number of hydrogen-bond donors (Lipinski definition) is 2. The molecule has 1 atom stereocenters. The number of benzene rings is 1. The predicted octanol–water partition coefficient (Wildman–Crippen LogP) is 0.623. The molecule has 6 heteroatoms. The molecule has 128 valence electrons. The first-order valence-electron chi connectivity index (χ1n) is 8.08. The highest BCUT2D eigenvalue weighted by molar-refractivity contribution is 7.80. The molecule has 1 aromatic carbocycles. The van der Waals surface area contributed by atoms with Crippen molar-refractivity contribution in [3.8, 4) is 0 Å². The number of morpholine rings is 1. The Kier molecular flexibility index (Phi) is 6.82. The van der Waals surface area contributed by atoms with Gasteiger partial charge in [-0.15, -0.1) is 0 Å². The molecule has 2 fully saturated rings. The zero-order chi connectivity index (χ0) is 17.5. The van der Waals surface area contributed by atoms with Crippen molar-refractivity contribution in [2.24, 2.45) is 0 Å². The van der Waals surface area contributed by atoms with E-state index >= 15 is 0 Å². The standard InChI is InChI=1S/C13H11N2OS.C5H11NO/c1-8-4-2-3-5-9(8)10-6-12(16)15-13(17)11(10)7-14;1-6-2-4-7-5-3-6/h2-5,10H,6H2,1H3,(H,15,16,17);2-5H2,1H3/q-1;/p+1. The average Bonchev–Trinajstić information content (AvgIpc) is 2.56. The third kappa shape index (κ3) is 4.82. The van der Waals surface area contributed by atoms with E-state index in [1.807, 2.05) is 31.2 Å². The third-order valence-electron chi connectivity index (χ3n) is 4.27. The van der Waals surface area contributed by atoms with Crippen molar-refractivity contribution in [2.45, 2.75) is 19.3 Å². The van der Waals surface area contributed by atoms with Crippen molar-refractivity contribution < 1.29 is 14.4 Å². The fourth-order valence-corrected chi connectivity index (χ4v) is 3.08. The molecule has 2 saturated heterocycles. The molecule has 0 saturated carbocycles. The molecule has 0 radical (unpaired) electrons. The SMILES string of the molecule is C[NH+]1CCOCC1.Cc1ccccc1C1CC(=O)NC(=S)C1=C=[N-]. The summed E-state index contributed by atoms with van der Waals surface area (Å²) < 4.78 is 5.12. The fraction of sp³-hybridized carbons (Fsp3) is 0.444. The Morgan fingerprint density at radius 2 is 2.00 bits per heavy atom. The number of nitrogens with one attached hydrogen (secondary N) is 2. The number of amides is 1. The number of rotatable bonds is 1. The van der Waals surface area contributed by atoms with E-state index in [2.05, 4.69) is 18.2 Å². The Morgan fingerprint density at radius 1 is 1.33 bits per heavy atom. The average molecular weight is 345 g/mol. The Morgan fingerprint density at radius 3 is 2.54 bits per heavy atom. The number of nitrogens with zero attached hydrogens (tertiary/aromatic N) is 1. The highest BCUT2D eigenvalue weighted by atomic mass is 32.1. The van der Waals surface area contributed by atoms with E-state index in [1.165, 1.54) is 13.1 Å². The van der Waals surface area contributed by atoms with Crippen molar-refractivity contribution in [1.29, 1.82) is 0 Å². The molecule has 0 bridgehead atoms. The molecule has 2 aliphatic heterocycles. The topological polar surface area (TPSA) is 65.1 Å². The molecule has 1 unspecified atom stereocenters. The molecule has 0 aliphatic carbocycles. The summed E-state index contributed by atoms with van der Waals surface area (Å²) in [6, 6.07) is 7.76. The maximum absolute atomic E-state index is 11.5.